The maximum atomic E-state index is 13.3. The van der Waals surface area contributed by atoms with Crippen molar-refractivity contribution in [2.45, 2.75) is 24.1 Å². The first kappa shape index (κ1) is 23.4. The molecular formula is C24H22FN3O5S. The minimum Gasteiger partial charge on any atom is -0.504 e. The van der Waals surface area contributed by atoms with Crippen LogP contribution in [-0.4, -0.2) is 43.5 Å². The van der Waals surface area contributed by atoms with E-state index in [1.165, 1.54) is 31.4 Å². The lowest BCUT2D eigenvalue weighted by Gasteiger charge is -2.16. The van der Waals surface area contributed by atoms with Crippen molar-refractivity contribution in [3.63, 3.8) is 0 Å². The minimum atomic E-state index is -1.61. The Morgan fingerprint density at radius 1 is 1.24 bits per heavy atom. The highest BCUT2D eigenvalue weighted by Crippen LogP contribution is 2.37. The maximum Gasteiger partial charge on any atom is 0.340 e. The second-order valence-corrected chi connectivity index (χ2v) is 8.81. The zero-order valence-corrected chi connectivity index (χ0v) is 19.3. The van der Waals surface area contributed by atoms with Gasteiger partial charge in [0.05, 0.1) is 59.9 Å². The summed E-state index contributed by atoms with van der Waals surface area (Å²) in [6.45, 7) is 2.08. The molecule has 176 valence electrons. The number of carbonyl (C=O) groups excluding carboxylic acids is 1. The third-order valence-corrected chi connectivity index (χ3v) is 6.52. The van der Waals surface area contributed by atoms with E-state index in [-0.39, 0.29) is 41.7 Å². The van der Waals surface area contributed by atoms with Gasteiger partial charge in [0.2, 0.25) is 0 Å². The molecule has 0 radical (unpaired) electrons. The Labute approximate surface area is 197 Å². The molecule has 1 unspecified atom stereocenters. The SMILES string of the molecule is CCOC(=O)c1cc2cc(OC)c(O)c(Cn3ccnc3)c2nc1CS(=O)c1ccc(F)cc1. The third-order valence-electron chi connectivity index (χ3n) is 5.18. The molecule has 1 N–H and O–H groups in total. The van der Waals surface area contributed by atoms with E-state index in [1.807, 2.05) is 0 Å². The number of methoxy groups -OCH3 is 1. The summed E-state index contributed by atoms with van der Waals surface area (Å²) in [6.07, 6.45) is 4.95. The summed E-state index contributed by atoms with van der Waals surface area (Å²) in [5.74, 6) is -1.02. The summed E-state index contributed by atoms with van der Waals surface area (Å²) >= 11 is 0. The van der Waals surface area contributed by atoms with Crippen molar-refractivity contribution >= 4 is 27.7 Å². The van der Waals surface area contributed by atoms with Gasteiger partial charge in [-0.05, 0) is 43.3 Å². The molecule has 1 atom stereocenters. The van der Waals surface area contributed by atoms with Gasteiger partial charge in [-0.3, -0.25) is 9.19 Å². The van der Waals surface area contributed by atoms with E-state index in [9.17, 15) is 18.5 Å². The summed E-state index contributed by atoms with van der Waals surface area (Å²) in [5.41, 5.74) is 1.28. The van der Waals surface area contributed by atoms with Crippen LogP contribution in [0.3, 0.4) is 0 Å². The molecule has 2 aromatic carbocycles. The Morgan fingerprint density at radius 3 is 2.65 bits per heavy atom. The van der Waals surface area contributed by atoms with Crippen LogP contribution in [0.1, 0.15) is 28.5 Å². The monoisotopic (exact) mass is 483 g/mol. The first-order valence-electron chi connectivity index (χ1n) is 10.4. The lowest BCUT2D eigenvalue weighted by molar-refractivity contribution is 0.0525. The van der Waals surface area contributed by atoms with E-state index in [1.54, 1.807) is 42.3 Å². The fourth-order valence-corrected chi connectivity index (χ4v) is 4.62. The summed E-state index contributed by atoms with van der Waals surface area (Å²) in [4.78, 5) is 21.8. The fourth-order valence-electron chi connectivity index (χ4n) is 3.55. The highest BCUT2D eigenvalue weighted by atomic mass is 32.2. The van der Waals surface area contributed by atoms with Crippen LogP contribution < -0.4 is 4.74 Å². The molecule has 0 aliphatic rings. The maximum absolute atomic E-state index is 13.3. The van der Waals surface area contributed by atoms with Crippen LogP contribution in [0.5, 0.6) is 11.5 Å². The number of rotatable bonds is 8. The average molecular weight is 484 g/mol. The van der Waals surface area contributed by atoms with Crippen LogP contribution in [0.15, 0.2) is 60.0 Å². The van der Waals surface area contributed by atoms with Gasteiger partial charge in [0.15, 0.2) is 11.5 Å². The van der Waals surface area contributed by atoms with Gasteiger partial charge in [-0.25, -0.2) is 14.2 Å². The minimum absolute atomic E-state index is 0.0920. The Hall–Kier alpha value is -3.79. The first-order chi connectivity index (χ1) is 16.4. The summed E-state index contributed by atoms with van der Waals surface area (Å²) < 4.78 is 38.6. The Bertz CT molecular complexity index is 1360. The zero-order chi connectivity index (χ0) is 24.2. The molecule has 0 amide bonds. The molecule has 4 rings (SSSR count). The van der Waals surface area contributed by atoms with Gasteiger partial charge in [0.25, 0.3) is 0 Å². The second kappa shape index (κ2) is 10.0. The number of aromatic nitrogens is 3. The van der Waals surface area contributed by atoms with Gasteiger partial charge in [0, 0.05) is 28.2 Å². The normalized spacial score (nSPS) is 12.0. The van der Waals surface area contributed by atoms with Crippen molar-refractivity contribution < 1.29 is 28.0 Å². The van der Waals surface area contributed by atoms with Gasteiger partial charge in [0.1, 0.15) is 5.82 Å². The molecule has 0 saturated heterocycles. The van der Waals surface area contributed by atoms with E-state index in [2.05, 4.69) is 9.97 Å². The molecule has 0 fully saturated rings. The molecule has 2 heterocycles. The van der Waals surface area contributed by atoms with Crippen molar-refractivity contribution in [2.75, 3.05) is 13.7 Å². The predicted molar refractivity (Wildman–Crippen MR) is 124 cm³/mol. The van der Waals surface area contributed by atoms with Crippen LogP contribution in [0.4, 0.5) is 4.39 Å². The van der Waals surface area contributed by atoms with Crippen molar-refractivity contribution in [3.05, 3.63) is 77.8 Å². The van der Waals surface area contributed by atoms with Crippen molar-refractivity contribution in [2.24, 2.45) is 0 Å². The topological polar surface area (TPSA) is 104 Å². The Kier molecular flexibility index (Phi) is 6.87. The standard InChI is InChI=1S/C24H22FN3O5S/c1-3-33-24(30)18-10-15-11-21(32-2)23(29)19(12-28-9-8-26-14-28)22(15)27-20(18)13-34(31)17-6-4-16(25)5-7-17/h4-11,14,29H,3,12-13H2,1-2H3. The summed E-state index contributed by atoms with van der Waals surface area (Å²) in [5, 5.41) is 11.4. The molecule has 0 aliphatic carbocycles. The third kappa shape index (κ3) is 4.76. The molecule has 4 aromatic rings. The number of phenols is 1. The second-order valence-electron chi connectivity index (χ2n) is 7.36. The number of aromatic hydroxyl groups is 1. The van der Waals surface area contributed by atoms with Gasteiger partial charge in [-0.1, -0.05) is 0 Å². The van der Waals surface area contributed by atoms with Crippen LogP contribution in [-0.2, 0) is 27.8 Å². The van der Waals surface area contributed by atoms with E-state index >= 15 is 0 Å². The number of nitrogens with zero attached hydrogens (tertiary/aromatic N) is 3. The fraction of sp³-hybridized carbons (Fsp3) is 0.208. The van der Waals surface area contributed by atoms with E-state index in [0.29, 0.717) is 21.4 Å². The molecule has 10 heteroatoms. The number of ether oxygens (including phenoxy) is 2. The van der Waals surface area contributed by atoms with Gasteiger partial charge in [-0.2, -0.15) is 0 Å². The summed E-state index contributed by atoms with van der Waals surface area (Å²) in [6, 6.07) is 8.48. The van der Waals surface area contributed by atoms with Gasteiger partial charge < -0.3 is 19.1 Å². The first-order valence-corrected chi connectivity index (χ1v) is 11.7. The molecule has 0 bridgehead atoms. The molecule has 0 aliphatic heterocycles. The van der Waals surface area contributed by atoms with Crippen LogP contribution >= 0.6 is 0 Å². The largest absolute Gasteiger partial charge is 0.504 e. The summed E-state index contributed by atoms with van der Waals surface area (Å²) in [7, 11) is -0.173. The number of carbonyl (C=O) groups is 1. The lowest BCUT2D eigenvalue weighted by Crippen LogP contribution is -2.13. The quantitative estimate of drug-likeness (QED) is 0.380. The number of halogens is 1. The van der Waals surface area contributed by atoms with Crippen molar-refractivity contribution in [1.29, 1.82) is 0 Å². The number of imidazole rings is 1. The van der Waals surface area contributed by atoms with Crippen LogP contribution in [0, 0.1) is 5.82 Å². The number of phenolic OH excluding ortho intramolecular Hbond substituents is 1. The number of pyridine rings is 1. The number of hydrogen-bond acceptors (Lipinski definition) is 7. The predicted octanol–water partition coefficient (Wildman–Crippen LogP) is 3.82. The number of fused-ring (bicyclic) bond motifs is 1. The molecule has 0 spiro atoms. The Morgan fingerprint density at radius 2 is 2.00 bits per heavy atom. The molecule has 34 heavy (non-hydrogen) atoms. The lowest BCUT2D eigenvalue weighted by atomic mass is 10.0. The van der Waals surface area contributed by atoms with Crippen molar-refractivity contribution in [3.8, 4) is 11.5 Å². The van der Waals surface area contributed by atoms with Gasteiger partial charge >= 0.3 is 5.97 Å². The Balaban J connectivity index is 1.87. The van der Waals surface area contributed by atoms with E-state index < -0.39 is 22.6 Å². The zero-order valence-electron chi connectivity index (χ0n) is 18.5. The molecule has 2 aromatic heterocycles. The molecule has 8 nitrogen and oxygen atoms in total. The number of esters is 1. The highest BCUT2D eigenvalue weighted by Gasteiger charge is 2.22. The van der Waals surface area contributed by atoms with Gasteiger partial charge in [-0.15, -0.1) is 0 Å². The van der Waals surface area contributed by atoms with E-state index in [4.69, 9.17) is 9.47 Å². The number of benzene rings is 2. The average Bonchev–Trinajstić information content (AvgIpc) is 3.34. The van der Waals surface area contributed by atoms with Crippen LogP contribution in [0.25, 0.3) is 10.9 Å². The smallest absolute Gasteiger partial charge is 0.340 e. The van der Waals surface area contributed by atoms with E-state index in [0.717, 1.165) is 0 Å². The number of hydrogen-bond donors (Lipinski definition) is 1. The molecular weight excluding hydrogens is 461 g/mol. The highest BCUT2D eigenvalue weighted by molar-refractivity contribution is 7.84. The molecule has 0 saturated carbocycles. The van der Waals surface area contributed by atoms with Crippen LogP contribution in [0.2, 0.25) is 0 Å². The van der Waals surface area contributed by atoms with Crippen molar-refractivity contribution in [1.82, 2.24) is 14.5 Å².